The van der Waals surface area contributed by atoms with E-state index in [0.717, 1.165) is 6.54 Å². The van der Waals surface area contributed by atoms with Gasteiger partial charge >= 0.3 is 0 Å². The van der Waals surface area contributed by atoms with Crippen molar-refractivity contribution in [2.75, 3.05) is 6.54 Å². The van der Waals surface area contributed by atoms with Crippen molar-refractivity contribution in [1.29, 1.82) is 0 Å². The molecule has 0 aromatic carbocycles. The van der Waals surface area contributed by atoms with E-state index in [4.69, 9.17) is 0 Å². The minimum atomic E-state index is 0.465. The quantitative estimate of drug-likeness (QED) is 0.708. The lowest BCUT2D eigenvalue weighted by atomic mass is 9.71. The molecule has 0 radical (unpaired) electrons. The summed E-state index contributed by atoms with van der Waals surface area (Å²) in [4.78, 5) is 1.59. The highest BCUT2D eigenvalue weighted by Gasteiger charge is 2.38. The summed E-state index contributed by atoms with van der Waals surface area (Å²) < 4.78 is 4.36. The maximum atomic E-state index is 4.36. The van der Waals surface area contributed by atoms with Crippen LogP contribution in [0.4, 0.5) is 0 Å². The zero-order valence-electron chi connectivity index (χ0n) is 8.38. The summed E-state index contributed by atoms with van der Waals surface area (Å²) in [5.74, 6) is 0. The second-order valence-electron chi connectivity index (χ2n) is 4.62. The third kappa shape index (κ3) is 1.22. The van der Waals surface area contributed by atoms with Gasteiger partial charge in [-0.05, 0) is 24.4 Å². The molecule has 1 aliphatic carbocycles. The van der Waals surface area contributed by atoms with Crippen molar-refractivity contribution in [3.8, 4) is 0 Å². The van der Waals surface area contributed by atoms with Crippen LogP contribution in [-0.4, -0.2) is 10.9 Å². The minimum absolute atomic E-state index is 0.465. The second kappa shape index (κ2) is 3.31. The average molecular weight is 208 g/mol. The Balaban J connectivity index is 2.01. The van der Waals surface area contributed by atoms with Gasteiger partial charge in [0.15, 0.2) is 0 Å². The average Bonchev–Trinajstić information content (AvgIpc) is 2.69. The first kappa shape index (κ1) is 8.86. The number of nitrogens with one attached hydrogen (secondary N) is 1. The fourth-order valence-electron chi connectivity index (χ4n) is 2.97. The van der Waals surface area contributed by atoms with Gasteiger partial charge in [0.25, 0.3) is 0 Å². The molecule has 1 fully saturated rings. The molecule has 1 N–H and O–H groups in total. The van der Waals surface area contributed by atoms with Gasteiger partial charge in [-0.15, -0.1) is 0 Å². The van der Waals surface area contributed by atoms with Crippen LogP contribution < -0.4 is 5.32 Å². The van der Waals surface area contributed by atoms with Gasteiger partial charge in [-0.1, -0.05) is 19.3 Å². The number of nitrogens with zero attached hydrogens (tertiary/aromatic N) is 1. The third-order valence-corrected chi connectivity index (χ3v) is 4.80. The molecule has 2 aliphatic rings. The molecule has 1 saturated carbocycles. The van der Waals surface area contributed by atoms with Crippen LogP contribution >= 0.6 is 11.5 Å². The molecular weight excluding hydrogens is 192 g/mol. The van der Waals surface area contributed by atoms with E-state index in [2.05, 4.69) is 15.9 Å². The number of hydrogen-bond donors (Lipinski definition) is 1. The molecular formula is C11H16N2S. The van der Waals surface area contributed by atoms with Crippen molar-refractivity contribution in [2.45, 2.75) is 44.1 Å². The zero-order valence-corrected chi connectivity index (χ0v) is 9.20. The van der Waals surface area contributed by atoms with Crippen LogP contribution in [-0.2, 0) is 12.0 Å². The molecule has 1 aromatic rings. The van der Waals surface area contributed by atoms with Crippen molar-refractivity contribution in [3.63, 3.8) is 0 Å². The molecule has 3 heteroatoms. The predicted octanol–water partition coefficient (Wildman–Crippen LogP) is 2.45. The Labute approximate surface area is 88.9 Å². The van der Waals surface area contributed by atoms with Gasteiger partial charge in [0.1, 0.15) is 0 Å². The van der Waals surface area contributed by atoms with E-state index in [1.54, 1.807) is 16.4 Å². The molecule has 0 bridgehead atoms. The van der Waals surface area contributed by atoms with E-state index in [1.165, 1.54) is 44.2 Å². The summed E-state index contributed by atoms with van der Waals surface area (Å²) in [5.41, 5.74) is 1.93. The lowest BCUT2D eigenvalue weighted by molar-refractivity contribution is 0.270. The topological polar surface area (TPSA) is 24.9 Å². The van der Waals surface area contributed by atoms with Crippen LogP contribution in [0.2, 0.25) is 0 Å². The van der Waals surface area contributed by atoms with Crippen molar-refractivity contribution in [3.05, 3.63) is 16.6 Å². The molecule has 1 spiro atoms. The Morgan fingerprint density at radius 3 is 3.00 bits per heavy atom. The van der Waals surface area contributed by atoms with Gasteiger partial charge in [0.05, 0.1) is 0 Å². The smallest absolute Gasteiger partial charge is 0.0455 e. The first-order valence-electron chi connectivity index (χ1n) is 5.55. The molecule has 2 heterocycles. The van der Waals surface area contributed by atoms with Gasteiger partial charge in [-0.25, -0.2) is 4.37 Å². The van der Waals surface area contributed by atoms with Crippen molar-refractivity contribution >= 4 is 11.5 Å². The summed E-state index contributed by atoms with van der Waals surface area (Å²) in [7, 11) is 0. The Kier molecular flexibility index (Phi) is 2.10. The molecule has 0 unspecified atom stereocenters. The Morgan fingerprint density at radius 1 is 1.29 bits per heavy atom. The fraction of sp³-hybridized carbons (Fsp3) is 0.727. The lowest BCUT2D eigenvalue weighted by Gasteiger charge is -2.40. The minimum Gasteiger partial charge on any atom is -0.312 e. The number of aromatic nitrogens is 1. The Hall–Kier alpha value is -0.410. The Morgan fingerprint density at radius 2 is 2.14 bits per heavy atom. The highest BCUT2D eigenvalue weighted by Crippen LogP contribution is 2.43. The SMILES string of the molecule is c1nsc2c1CNCC21CCCCC1. The van der Waals surface area contributed by atoms with Crippen LogP contribution in [0, 0.1) is 0 Å². The lowest BCUT2D eigenvalue weighted by Crippen LogP contribution is -2.43. The third-order valence-electron chi connectivity index (χ3n) is 3.72. The molecule has 14 heavy (non-hydrogen) atoms. The summed E-state index contributed by atoms with van der Waals surface area (Å²) in [6, 6.07) is 0. The number of rotatable bonds is 0. The van der Waals surface area contributed by atoms with E-state index in [1.807, 2.05) is 0 Å². The van der Waals surface area contributed by atoms with E-state index < -0.39 is 0 Å². The van der Waals surface area contributed by atoms with Crippen LogP contribution in [0.1, 0.15) is 42.5 Å². The summed E-state index contributed by atoms with van der Waals surface area (Å²) in [5, 5.41) is 3.55. The zero-order chi connectivity index (χ0) is 9.43. The van der Waals surface area contributed by atoms with Gasteiger partial charge in [-0.2, -0.15) is 0 Å². The molecule has 0 saturated heterocycles. The van der Waals surface area contributed by atoms with E-state index in [-0.39, 0.29) is 0 Å². The molecule has 2 nitrogen and oxygen atoms in total. The van der Waals surface area contributed by atoms with Crippen molar-refractivity contribution in [1.82, 2.24) is 9.69 Å². The van der Waals surface area contributed by atoms with Crippen LogP contribution in [0.25, 0.3) is 0 Å². The number of hydrogen-bond acceptors (Lipinski definition) is 3. The van der Waals surface area contributed by atoms with Crippen LogP contribution in [0.3, 0.4) is 0 Å². The maximum absolute atomic E-state index is 4.36. The summed E-state index contributed by atoms with van der Waals surface area (Å²) in [6.45, 7) is 2.22. The summed E-state index contributed by atoms with van der Waals surface area (Å²) in [6.07, 6.45) is 9.03. The van der Waals surface area contributed by atoms with Gasteiger partial charge in [-0.3, -0.25) is 0 Å². The van der Waals surface area contributed by atoms with Crippen molar-refractivity contribution in [2.24, 2.45) is 0 Å². The molecule has 1 aromatic heterocycles. The van der Waals surface area contributed by atoms with E-state index in [9.17, 15) is 0 Å². The molecule has 3 rings (SSSR count). The maximum Gasteiger partial charge on any atom is 0.0455 e. The molecule has 0 atom stereocenters. The normalized spacial score (nSPS) is 24.9. The highest BCUT2D eigenvalue weighted by atomic mass is 32.1. The monoisotopic (exact) mass is 208 g/mol. The van der Waals surface area contributed by atoms with Crippen molar-refractivity contribution < 1.29 is 0 Å². The first-order chi connectivity index (χ1) is 6.91. The van der Waals surface area contributed by atoms with Crippen LogP contribution in [0.15, 0.2) is 6.20 Å². The van der Waals surface area contributed by atoms with Crippen LogP contribution in [0.5, 0.6) is 0 Å². The second-order valence-corrected chi connectivity index (χ2v) is 5.43. The fourth-order valence-corrected chi connectivity index (χ4v) is 3.97. The molecule has 0 amide bonds. The summed E-state index contributed by atoms with van der Waals surface area (Å²) >= 11 is 1.74. The first-order valence-corrected chi connectivity index (χ1v) is 6.33. The highest BCUT2D eigenvalue weighted by molar-refractivity contribution is 7.06. The largest absolute Gasteiger partial charge is 0.312 e. The Bertz CT molecular complexity index is 326. The van der Waals surface area contributed by atoms with E-state index in [0.29, 0.717) is 5.41 Å². The molecule has 76 valence electrons. The van der Waals surface area contributed by atoms with Gasteiger partial charge in [0, 0.05) is 35.1 Å². The number of fused-ring (bicyclic) bond motifs is 2. The molecule has 1 aliphatic heterocycles. The van der Waals surface area contributed by atoms with Gasteiger partial charge < -0.3 is 5.32 Å². The standard InChI is InChI=1S/C11H16N2S/c1-2-4-11(5-3-1)8-12-6-9-7-13-14-10(9)11/h7,12H,1-6,8H2. The van der Waals surface area contributed by atoms with E-state index >= 15 is 0 Å². The van der Waals surface area contributed by atoms with Gasteiger partial charge in [0.2, 0.25) is 0 Å². The predicted molar refractivity (Wildman–Crippen MR) is 58.6 cm³/mol.